The van der Waals surface area contributed by atoms with Gasteiger partial charge in [0.25, 0.3) is 0 Å². The fraction of sp³-hybridized carbons (Fsp3) is 0.739. The Hall–Kier alpha value is -0.780. The molecule has 1 aromatic rings. The molecule has 130 valence electrons. The summed E-state index contributed by atoms with van der Waals surface area (Å²) in [6.07, 6.45) is 13.0. The summed E-state index contributed by atoms with van der Waals surface area (Å²) in [5.41, 5.74) is 3.08. The van der Waals surface area contributed by atoms with Gasteiger partial charge in [0.15, 0.2) is 0 Å². The Morgan fingerprint density at radius 2 is 1.22 bits per heavy atom. The zero-order chi connectivity index (χ0) is 16.7. The van der Waals surface area contributed by atoms with Crippen LogP contribution in [0.1, 0.15) is 96.1 Å². The van der Waals surface area contributed by atoms with E-state index in [1.54, 1.807) is 5.56 Å². The highest BCUT2D eigenvalue weighted by atomic mass is 14.4. The molecular weight excluding hydrogens is 276 g/mol. The monoisotopic (exact) mass is 314 g/mol. The highest BCUT2D eigenvalue weighted by Crippen LogP contribution is 2.43. The van der Waals surface area contributed by atoms with Gasteiger partial charge in [0.05, 0.1) is 0 Å². The van der Waals surface area contributed by atoms with Crippen LogP contribution in [0.2, 0.25) is 0 Å². The molecule has 2 saturated carbocycles. The fourth-order valence-corrected chi connectivity index (χ4v) is 4.71. The number of hydrogen-bond acceptors (Lipinski definition) is 0. The number of aryl methyl sites for hydroxylation is 1. The average molecular weight is 315 g/mol. The van der Waals surface area contributed by atoms with Gasteiger partial charge in [-0.05, 0) is 79.7 Å². The van der Waals surface area contributed by atoms with Crippen LogP contribution in [0.3, 0.4) is 0 Å². The summed E-state index contributed by atoms with van der Waals surface area (Å²) in [7, 11) is 0. The summed E-state index contributed by atoms with van der Waals surface area (Å²) in [5.74, 6) is 3.94. The second-order valence-electron chi connectivity index (χ2n) is 7.73. The Kier molecular flexibility index (Phi) is 7.66. The van der Waals surface area contributed by atoms with Gasteiger partial charge in [-0.1, -0.05) is 64.8 Å². The van der Waals surface area contributed by atoms with Crippen molar-refractivity contribution in [2.75, 3.05) is 0 Å². The Morgan fingerprint density at radius 1 is 0.739 bits per heavy atom. The Bertz CT molecular complexity index is 414. The van der Waals surface area contributed by atoms with Crippen molar-refractivity contribution in [2.24, 2.45) is 17.8 Å². The van der Waals surface area contributed by atoms with Crippen molar-refractivity contribution >= 4 is 0 Å². The minimum atomic E-state index is 0.842. The minimum absolute atomic E-state index is 0.842. The second kappa shape index (κ2) is 9.50. The van der Waals surface area contributed by atoms with Crippen LogP contribution >= 0.6 is 0 Å². The summed E-state index contributed by atoms with van der Waals surface area (Å²) in [6, 6.07) is 9.46. The Balaban J connectivity index is 0.000000924. The van der Waals surface area contributed by atoms with E-state index in [2.05, 4.69) is 38.1 Å². The predicted molar refractivity (Wildman–Crippen MR) is 103 cm³/mol. The molecule has 0 heteroatoms. The lowest BCUT2D eigenvalue weighted by Crippen LogP contribution is -2.24. The van der Waals surface area contributed by atoms with E-state index in [1.165, 1.54) is 56.9 Å². The SMILES string of the molecule is CC.CCc1ccc(C2CCC(C3CCC(C)CC3)CC2)cc1. The molecule has 0 aromatic heterocycles. The van der Waals surface area contributed by atoms with Crippen LogP contribution in [0.25, 0.3) is 0 Å². The lowest BCUT2D eigenvalue weighted by atomic mass is 9.68. The van der Waals surface area contributed by atoms with Crippen molar-refractivity contribution in [2.45, 2.75) is 91.4 Å². The molecule has 3 rings (SSSR count). The summed E-state index contributed by atoms with van der Waals surface area (Å²) in [5, 5.41) is 0. The number of benzene rings is 1. The summed E-state index contributed by atoms with van der Waals surface area (Å²) < 4.78 is 0. The van der Waals surface area contributed by atoms with Crippen LogP contribution < -0.4 is 0 Å². The third-order valence-electron chi connectivity index (χ3n) is 6.36. The van der Waals surface area contributed by atoms with Gasteiger partial charge in [-0.25, -0.2) is 0 Å². The van der Waals surface area contributed by atoms with Crippen molar-refractivity contribution in [3.8, 4) is 0 Å². The second-order valence-corrected chi connectivity index (χ2v) is 7.73. The molecule has 1 aromatic carbocycles. The molecule has 0 atom stereocenters. The molecule has 0 heterocycles. The van der Waals surface area contributed by atoms with E-state index in [-0.39, 0.29) is 0 Å². The largest absolute Gasteiger partial charge is 0.0683 e. The van der Waals surface area contributed by atoms with E-state index >= 15 is 0 Å². The van der Waals surface area contributed by atoms with E-state index in [1.807, 2.05) is 13.8 Å². The van der Waals surface area contributed by atoms with E-state index in [9.17, 15) is 0 Å². The van der Waals surface area contributed by atoms with Gasteiger partial charge in [0, 0.05) is 0 Å². The van der Waals surface area contributed by atoms with Crippen LogP contribution in [0, 0.1) is 17.8 Å². The highest BCUT2D eigenvalue weighted by molar-refractivity contribution is 5.25. The van der Waals surface area contributed by atoms with Crippen molar-refractivity contribution in [3.63, 3.8) is 0 Å². The Morgan fingerprint density at radius 3 is 1.70 bits per heavy atom. The summed E-state index contributed by atoms with van der Waals surface area (Å²) in [6.45, 7) is 8.68. The molecule has 0 saturated heterocycles. The van der Waals surface area contributed by atoms with Crippen molar-refractivity contribution in [3.05, 3.63) is 35.4 Å². The molecule has 23 heavy (non-hydrogen) atoms. The van der Waals surface area contributed by atoms with E-state index in [0.29, 0.717) is 0 Å². The number of rotatable bonds is 3. The first-order valence-electron chi connectivity index (χ1n) is 10.3. The summed E-state index contributed by atoms with van der Waals surface area (Å²) >= 11 is 0. The van der Waals surface area contributed by atoms with Crippen molar-refractivity contribution in [1.82, 2.24) is 0 Å². The molecule has 0 radical (unpaired) electrons. The molecule has 0 spiro atoms. The molecule has 2 aliphatic rings. The maximum atomic E-state index is 2.44. The van der Waals surface area contributed by atoms with Gasteiger partial charge < -0.3 is 0 Å². The molecule has 0 amide bonds. The fourth-order valence-electron chi connectivity index (χ4n) is 4.71. The number of hydrogen-bond donors (Lipinski definition) is 0. The molecule has 2 fully saturated rings. The van der Waals surface area contributed by atoms with E-state index in [0.717, 1.165) is 30.1 Å². The standard InChI is InChI=1S/C21H32.C2H6/c1-3-17-6-10-19(11-7-17)21-14-12-20(13-15-21)18-8-4-16(2)5-9-18;1-2/h6-7,10-11,16,18,20-21H,3-5,8-9,12-15H2,1-2H3;1-2H3. The highest BCUT2D eigenvalue weighted by Gasteiger charge is 2.30. The van der Waals surface area contributed by atoms with Gasteiger partial charge in [-0.3, -0.25) is 0 Å². The quantitative estimate of drug-likeness (QED) is 0.546. The van der Waals surface area contributed by atoms with Crippen molar-refractivity contribution < 1.29 is 0 Å². The van der Waals surface area contributed by atoms with Gasteiger partial charge in [-0.2, -0.15) is 0 Å². The molecule has 2 aliphatic carbocycles. The van der Waals surface area contributed by atoms with E-state index in [4.69, 9.17) is 0 Å². The molecular formula is C23H38. The zero-order valence-electron chi connectivity index (χ0n) is 16.0. The third kappa shape index (κ3) is 5.10. The predicted octanol–water partition coefficient (Wildman–Crippen LogP) is 7.38. The van der Waals surface area contributed by atoms with Crippen LogP contribution in [0.5, 0.6) is 0 Å². The smallest absolute Gasteiger partial charge is 0.0162 e. The zero-order valence-corrected chi connectivity index (χ0v) is 16.0. The maximum absolute atomic E-state index is 2.44. The molecule has 0 N–H and O–H groups in total. The van der Waals surface area contributed by atoms with Gasteiger partial charge in [0.2, 0.25) is 0 Å². The van der Waals surface area contributed by atoms with Crippen LogP contribution in [-0.4, -0.2) is 0 Å². The topological polar surface area (TPSA) is 0 Å². The third-order valence-corrected chi connectivity index (χ3v) is 6.36. The normalized spacial score (nSPS) is 31.1. The minimum Gasteiger partial charge on any atom is -0.0683 e. The lowest BCUT2D eigenvalue weighted by molar-refractivity contribution is 0.165. The average Bonchev–Trinajstić information content (AvgIpc) is 2.64. The van der Waals surface area contributed by atoms with Gasteiger partial charge in [-0.15, -0.1) is 0 Å². The Labute approximate surface area is 145 Å². The first kappa shape index (κ1) is 18.6. The first-order chi connectivity index (χ1) is 11.3. The van der Waals surface area contributed by atoms with Crippen molar-refractivity contribution in [1.29, 1.82) is 0 Å². The molecule has 0 bridgehead atoms. The molecule has 0 unspecified atom stereocenters. The van der Waals surface area contributed by atoms with Crippen LogP contribution in [0.15, 0.2) is 24.3 Å². The van der Waals surface area contributed by atoms with Crippen LogP contribution in [0.4, 0.5) is 0 Å². The van der Waals surface area contributed by atoms with E-state index < -0.39 is 0 Å². The molecule has 0 aliphatic heterocycles. The van der Waals surface area contributed by atoms with Gasteiger partial charge >= 0.3 is 0 Å². The maximum Gasteiger partial charge on any atom is -0.0162 e. The summed E-state index contributed by atoms with van der Waals surface area (Å²) in [4.78, 5) is 0. The lowest BCUT2D eigenvalue weighted by Gasteiger charge is -2.37. The molecule has 0 nitrogen and oxygen atoms in total. The van der Waals surface area contributed by atoms with Crippen LogP contribution in [-0.2, 0) is 6.42 Å². The van der Waals surface area contributed by atoms with Gasteiger partial charge in [0.1, 0.15) is 0 Å². The first-order valence-corrected chi connectivity index (χ1v) is 10.3.